The third kappa shape index (κ3) is 3.17. The van der Waals surface area contributed by atoms with Crippen molar-refractivity contribution in [2.24, 2.45) is 7.05 Å². The molecule has 0 saturated carbocycles. The van der Waals surface area contributed by atoms with Crippen molar-refractivity contribution >= 4 is 10.0 Å². The molecule has 0 spiro atoms. The third-order valence-electron chi connectivity index (χ3n) is 1.89. The first-order valence-corrected chi connectivity index (χ1v) is 6.15. The van der Waals surface area contributed by atoms with Crippen molar-refractivity contribution in [1.29, 1.82) is 0 Å². The topological polar surface area (TPSA) is 64.0 Å². The molecule has 84 valence electrons. The second kappa shape index (κ2) is 5.09. The molecule has 1 rings (SSSR count). The van der Waals surface area contributed by atoms with Gasteiger partial charge in [-0.15, -0.1) is 0 Å². The Kier molecular flexibility index (Phi) is 4.05. The first kappa shape index (κ1) is 11.9. The standard InChI is InChI=1S/C9H15N3O2S/c1-3-4-5-7-11-15(13,14)9-6-8-10-12(9)2/h3-4,6,8,11H,5,7H2,1-2H3/b4-3+. The van der Waals surface area contributed by atoms with E-state index in [1.165, 1.54) is 16.9 Å². The molecule has 1 aromatic rings. The van der Waals surface area contributed by atoms with Crippen LogP contribution in [0, 0.1) is 0 Å². The number of nitrogens with zero attached hydrogens (tertiary/aromatic N) is 2. The van der Waals surface area contributed by atoms with Gasteiger partial charge in [0.2, 0.25) is 0 Å². The van der Waals surface area contributed by atoms with Crippen LogP contribution < -0.4 is 4.72 Å². The van der Waals surface area contributed by atoms with E-state index in [0.717, 1.165) is 0 Å². The predicted molar refractivity (Wildman–Crippen MR) is 57.8 cm³/mol. The zero-order valence-electron chi connectivity index (χ0n) is 8.84. The lowest BCUT2D eigenvalue weighted by Gasteiger charge is -2.04. The highest BCUT2D eigenvalue weighted by molar-refractivity contribution is 7.89. The van der Waals surface area contributed by atoms with Crippen LogP contribution in [0.3, 0.4) is 0 Å². The summed E-state index contributed by atoms with van der Waals surface area (Å²) in [6.07, 6.45) is 5.94. The Morgan fingerprint density at radius 3 is 2.87 bits per heavy atom. The van der Waals surface area contributed by atoms with Crippen molar-refractivity contribution in [2.75, 3.05) is 6.54 Å². The molecule has 1 aromatic heterocycles. The van der Waals surface area contributed by atoms with E-state index in [-0.39, 0.29) is 5.03 Å². The second-order valence-electron chi connectivity index (χ2n) is 3.05. The van der Waals surface area contributed by atoms with Gasteiger partial charge in [-0.05, 0) is 19.4 Å². The lowest BCUT2D eigenvalue weighted by molar-refractivity contribution is 0.563. The number of rotatable bonds is 5. The Morgan fingerprint density at radius 1 is 1.60 bits per heavy atom. The lowest BCUT2D eigenvalue weighted by atomic mass is 10.4. The van der Waals surface area contributed by atoms with Gasteiger partial charge in [-0.25, -0.2) is 13.1 Å². The summed E-state index contributed by atoms with van der Waals surface area (Å²) >= 11 is 0. The van der Waals surface area contributed by atoms with Crippen molar-refractivity contribution < 1.29 is 8.42 Å². The summed E-state index contributed by atoms with van der Waals surface area (Å²) in [6, 6.07) is 1.47. The van der Waals surface area contributed by atoms with Gasteiger partial charge in [0.15, 0.2) is 5.03 Å². The van der Waals surface area contributed by atoms with Gasteiger partial charge in [0.25, 0.3) is 10.0 Å². The molecule has 5 nitrogen and oxygen atoms in total. The summed E-state index contributed by atoms with van der Waals surface area (Å²) < 4.78 is 27.2. The van der Waals surface area contributed by atoms with Crippen LogP contribution in [0.4, 0.5) is 0 Å². The van der Waals surface area contributed by atoms with Crippen LogP contribution in [-0.2, 0) is 17.1 Å². The molecule has 0 aliphatic carbocycles. The van der Waals surface area contributed by atoms with Crippen LogP contribution in [0.25, 0.3) is 0 Å². The Hall–Kier alpha value is -1.14. The van der Waals surface area contributed by atoms with Gasteiger partial charge in [0.1, 0.15) is 0 Å². The second-order valence-corrected chi connectivity index (χ2v) is 4.76. The average molecular weight is 229 g/mol. The van der Waals surface area contributed by atoms with E-state index in [1.807, 2.05) is 19.1 Å². The van der Waals surface area contributed by atoms with Crippen molar-refractivity contribution in [3.63, 3.8) is 0 Å². The van der Waals surface area contributed by atoms with Gasteiger partial charge in [0.05, 0.1) is 6.20 Å². The monoisotopic (exact) mass is 229 g/mol. The molecular formula is C9H15N3O2S. The molecule has 0 radical (unpaired) electrons. The Bertz CT molecular complexity index is 434. The SMILES string of the molecule is C/C=C/CCNS(=O)(=O)c1ccnn1C. The van der Waals surface area contributed by atoms with Crippen LogP contribution in [0.2, 0.25) is 0 Å². The molecule has 0 unspecified atom stereocenters. The van der Waals surface area contributed by atoms with Crippen LogP contribution in [0.1, 0.15) is 13.3 Å². The Labute approximate surface area is 89.8 Å². The molecule has 1 heterocycles. The quantitative estimate of drug-likeness (QED) is 0.596. The fourth-order valence-corrected chi connectivity index (χ4v) is 2.31. The maximum absolute atomic E-state index is 11.7. The summed E-state index contributed by atoms with van der Waals surface area (Å²) in [4.78, 5) is 0. The molecule has 0 amide bonds. The summed E-state index contributed by atoms with van der Waals surface area (Å²) in [5, 5.41) is 3.99. The number of allylic oxidation sites excluding steroid dienone is 1. The molecule has 0 aliphatic heterocycles. The zero-order valence-corrected chi connectivity index (χ0v) is 9.66. The van der Waals surface area contributed by atoms with E-state index in [4.69, 9.17) is 0 Å². The number of hydrogen-bond acceptors (Lipinski definition) is 3. The van der Waals surface area contributed by atoms with Gasteiger partial charge in [-0.2, -0.15) is 5.10 Å². The molecule has 0 aliphatic rings. The van der Waals surface area contributed by atoms with Gasteiger partial charge < -0.3 is 0 Å². The molecule has 0 bridgehead atoms. The average Bonchev–Trinajstić information content (AvgIpc) is 2.60. The summed E-state index contributed by atoms with van der Waals surface area (Å²) in [6.45, 7) is 2.30. The van der Waals surface area contributed by atoms with Crippen molar-refractivity contribution in [3.05, 3.63) is 24.4 Å². The first-order valence-electron chi connectivity index (χ1n) is 4.67. The van der Waals surface area contributed by atoms with Gasteiger partial charge in [-0.3, -0.25) is 4.68 Å². The highest BCUT2D eigenvalue weighted by Crippen LogP contribution is 2.05. The Morgan fingerprint density at radius 2 is 2.33 bits per heavy atom. The van der Waals surface area contributed by atoms with Gasteiger partial charge >= 0.3 is 0 Å². The maximum atomic E-state index is 11.7. The van der Waals surface area contributed by atoms with E-state index in [0.29, 0.717) is 13.0 Å². The zero-order chi connectivity index (χ0) is 11.3. The van der Waals surface area contributed by atoms with Crippen molar-refractivity contribution in [1.82, 2.24) is 14.5 Å². The van der Waals surface area contributed by atoms with Gasteiger partial charge in [-0.1, -0.05) is 12.2 Å². The summed E-state index contributed by atoms with van der Waals surface area (Å²) in [7, 11) is -1.81. The molecule has 0 aromatic carbocycles. The number of nitrogens with one attached hydrogen (secondary N) is 1. The number of aryl methyl sites for hydroxylation is 1. The van der Waals surface area contributed by atoms with Crippen LogP contribution in [-0.4, -0.2) is 24.7 Å². The molecule has 0 saturated heterocycles. The van der Waals surface area contributed by atoms with E-state index < -0.39 is 10.0 Å². The molecule has 1 N–H and O–H groups in total. The number of aromatic nitrogens is 2. The number of sulfonamides is 1. The Balaban J connectivity index is 2.65. The van der Waals surface area contributed by atoms with E-state index in [9.17, 15) is 8.42 Å². The highest BCUT2D eigenvalue weighted by atomic mass is 32.2. The molecule has 6 heteroatoms. The molecule has 0 atom stereocenters. The fraction of sp³-hybridized carbons (Fsp3) is 0.444. The highest BCUT2D eigenvalue weighted by Gasteiger charge is 2.16. The lowest BCUT2D eigenvalue weighted by Crippen LogP contribution is -2.26. The number of hydrogen-bond donors (Lipinski definition) is 1. The van der Waals surface area contributed by atoms with Crippen LogP contribution >= 0.6 is 0 Å². The van der Waals surface area contributed by atoms with Gasteiger partial charge in [0, 0.05) is 13.6 Å². The van der Waals surface area contributed by atoms with Crippen molar-refractivity contribution in [2.45, 2.75) is 18.4 Å². The molecular weight excluding hydrogens is 214 g/mol. The largest absolute Gasteiger partial charge is 0.257 e. The van der Waals surface area contributed by atoms with Crippen LogP contribution in [0.15, 0.2) is 29.4 Å². The first-order chi connectivity index (χ1) is 7.08. The molecule has 0 fully saturated rings. The van der Waals surface area contributed by atoms with E-state index in [1.54, 1.807) is 7.05 Å². The maximum Gasteiger partial charge on any atom is 0.257 e. The normalized spacial score (nSPS) is 12.4. The van der Waals surface area contributed by atoms with E-state index in [2.05, 4.69) is 9.82 Å². The van der Waals surface area contributed by atoms with Crippen molar-refractivity contribution in [3.8, 4) is 0 Å². The summed E-state index contributed by atoms with van der Waals surface area (Å²) in [5.41, 5.74) is 0. The fourth-order valence-electron chi connectivity index (χ4n) is 1.14. The molecule has 15 heavy (non-hydrogen) atoms. The minimum atomic E-state index is -3.41. The third-order valence-corrected chi connectivity index (χ3v) is 3.43. The van der Waals surface area contributed by atoms with Crippen LogP contribution in [0.5, 0.6) is 0 Å². The van der Waals surface area contributed by atoms with E-state index >= 15 is 0 Å². The smallest absolute Gasteiger partial charge is 0.256 e. The summed E-state index contributed by atoms with van der Waals surface area (Å²) in [5.74, 6) is 0. The minimum absolute atomic E-state index is 0.183. The predicted octanol–water partition coefficient (Wildman–Crippen LogP) is 0.665. The minimum Gasteiger partial charge on any atom is -0.256 e.